The number of H-pyrrole nitrogens is 1. The molecule has 56 heavy (non-hydrogen) atoms. The third kappa shape index (κ3) is 19.6. The first-order valence-corrected chi connectivity index (χ1v) is 18.3. The molecule has 0 amide bonds. The Morgan fingerprint density at radius 2 is 1.20 bits per heavy atom. The van der Waals surface area contributed by atoms with Gasteiger partial charge in [0, 0.05) is 64.0 Å². The van der Waals surface area contributed by atoms with Crippen molar-refractivity contribution in [2.24, 2.45) is 11.7 Å². The maximum atomic E-state index is 11.0. The number of aliphatic hydroxyl groups is 1. The molecule has 3 aromatic heterocycles. The lowest BCUT2D eigenvalue weighted by Crippen LogP contribution is -2.25. The molecule has 15 heteroatoms. The zero-order valence-electron chi connectivity index (χ0n) is 36.4. The number of aromatic amines is 1. The summed E-state index contributed by atoms with van der Waals surface area (Å²) in [5.74, 6) is -1.15. The highest BCUT2D eigenvalue weighted by Crippen LogP contribution is 2.23. The first-order valence-electron chi connectivity index (χ1n) is 17.9. The Bertz CT molecular complexity index is 1740. The van der Waals surface area contributed by atoms with Gasteiger partial charge in [-0.25, -0.2) is 4.79 Å². The molecule has 3 rings (SSSR count). The zero-order valence-corrected chi connectivity index (χ0v) is 37.1. The molecule has 0 aromatic carbocycles. The Balaban J connectivity index is -0.000000620. The van der Waals surface area contributed by atoms with Crippen molar-refractivity contribution in [2.45, 2.75) is 104 Å². The topological polar surface area (TPSA) is 213 Å². The summed E-state index contributed by atoms with van der Waals surface area (Å²) < 4.78 is 19.2. The fourth-order valence-corrected chi connectivity index (χ4v) is 4.07. The lowest BCUT2D eigenvalue weighted by molar-refractivity contribution is -0.160. The summed E-state index contributed by atoms with van der Waals surface area (Å²) in [6.45, 7) is 27.9. The summed E-state index contributed by atoms with van der Waals surface area (Å²) >= 11 is 5.94. The maximum absolute atomic E-state index is 11.0. The van der Waals surface area contributed by atoms with Crippen LogP contribution in [0.5, 0.6) is 11.5 Å². The van der Waals surface area contributed by atoms with Gasteiger partial charge in [-0.3, -0.25) is 24.4 Å². The predicted octanol–water partition coefficient (Wildman–Crippen LogP) is 6.84. The summed E-state index contributed by atoms with van der Waals surface area (Å²) in [6, 6.07) is 0. The first kappa shape index (κ1) is 55.4. The Morgan fingerprint density at radius 1 is 0.768 bits per heavy atom. The van der Waals surface area contributed by atoms with Gasteiger partial charge in [0.1, 0.15) is 11.5 Å². The molecule has 0 aliphatic carbocycles. The summed E-state index contributed by atoms with van der Waals surface area (Å²) in [7, 11) is 2.69. The van der Waals surface area contributed by atoms with E-state index in [0.29, 0.717) is 23.4 Å². The number of aliphatic hydroxyl groups excluding tert-OH is 1. The van der Waals surface area contributed by atoms with Crippen LogP contribution in [-0.4, -0.2) is 77.1 Å². The largest absolute Gasteiger partial charge is 0.507 e. The highest BCUT2D eigenvalue weighted by molar-refractivity contribution is 6.32. The van der Waals surface area contributed by atoms with E-state index in [9.17, 15) is 24.3 Å². The fourth-order valence-electron chi connectivity index (χ4n) is 3.88. The molecule has 0 saturated heterocycles. The van der Waals surface area contributed by atoms with Gasteiger partial charge in [0.15, 0.2) is 5.92 Å². The highest BCUT2D eigenvalue weighted by atomic mass is 35.5. The van der Waals surface area contributed by atoms with Crippen molar-refractivity contribution in [2.75, 3.05) is 34.0 Å². The zero-order chi connectivity index (χ0) is 44.5. The molecule has 0 unspecified atom stereocenters. The molecule has 316 valence electrons. The molecule has 5 N–H and O–H groups in total. The van der Waals surface area contributed by atoms with Crippen LogP contribution >= 0.6 is 11.6 Å². The number of aromatic hydroxyl groups is 1. The van der Waals surface area contributed by atoms with Crippen molar-refractivity contribution in [3.05, 3.63) is 89.5 Å². The number of allylic oxidation sites excluding steroid dienone is 1. The second-order valence-electron chi connectivity index (χ2n) is 12.1. The Kier molecular flexibility index (Phi) is 29.0. The van der Waals surface area contributed by atoms with E-state index in [1.54, 1.807) is 68.7 Å². The minimum Gasteiger partial charge on any atom is -0.507 e. The van der Waals surface area contributed by atoms with Crippen molar-refractivity contribution in [3.63, 3.8) is 0 Å². The summed E-state index contributed by atoms with van der Waals surface area (Å²) in [4.78, 5) is 54.7. The smallest absolute Gasteiger partial charge is 0.335 e. The molecule has 0 aliphatic heterocycles. The third-order valence-electron chi connectivity index (χ3n) is 7.94. The molecule has 14 nitrogen and oxygen atoms in total. The molecule has 0 bridgehead atoms. The van der Waals surface area contributed by atoms with E-state index in [1.165, 1.54) is 6.92 Å². The van der Waals surface area contributed by atoms with Gasteiger partial charge in [-0.05, 0) is 115 Å². The minimum absolute atomic E-state index is 0.103. The number of nitrogens with two attached hydrogens (primary N) is 1. The van der Waals surface area contributed by atoms with Gasteiger partial charge < -0.3 is 39.9 Å². The van der Waals surface area contributed by atoms with Gasteiger partial charge in [0.2, 0.25) is 0 Å². The van der Waals surface area contributed by atoms with E-state index in [0.717, 1.165) is 62.8 Å². The number of nitrogens with one attached hydrogen (secondary N) is 1. The molecule has 3 aromatic rings. The van der Waals surface area contributed by atoms with Crippen LogP contribution in [0.4, 0.5) is 0 Å². The number of hydrogen-bond acceptors (Lipinski definition) is 13. The molecule has 0 aliphatic rings. The van der Waals surface area contributed by atoms with Gasteiger partial charge in [0.25, 0.3) is 5.56 Å². The summed E-state index contributed by atoms with van der Waals surface area (Å²) in [5, 5.41) is 17.2. The van der Waals surface area contributed by atoms with Crippen molar-refractivity contribution >= 4 is 29.5 Å². The van der Waals surface area contributed by atoms with E-state index in [4.69, 9.17) is 27.2 Å². The van der Waals surface area contributed by atoms with Crippen LogP contribution in [0.2, 0.25) is 5.02 Å². The van der Waals surface area contributed by atoms with Crippen LogP contribution in [0.15, 0.2) is 28.5 Å². The van der Waals surface area contributed by atoms with Gasteiger partial charge in [-0.2, -0.15) is 0 Å². The summed E-state index contributed by atoms with van der Waals surface area (Å²) in [5.41, 5.74) is 14.4. The average Bonchev–Trinajstić information content (AvgIpc) is 3.17. The van der Waals surface area contributed by atoms with Crippen molar-refractivity contribution in [3.8, 4) is 11.5 Å². The standard InChI is InChI=1S/C9H13NO.C8H10ClN.C8H11NO2.C8H14O4.C7H13NO2.CH4O/c1-6-5-10-8(3)7(2)9(6)11-4;1-5-4-10-7(3)6(2)8(5)9;1-4-6(3)9-8(11)5(2)7(4)10;1-4-11-7(9)6(3)8(10)12-5-2;1-4-10-7(9)5(2)6(3)8;1-2/h5H,1-4H3;4H,1-3H3;1-3H3,(H2,9,10,11);6H,4-5H2,1-3H3;4,8H2,1-3H3;2H,1H3/b;;;;6-5-;. The van der Waals surface area contributed by atoms with Crippen LogP contribution in [0.3, 0.4) is 0 Å². The summed E-state index contributed by atoms with van der Waals surface area (Å²) in [6.07, 6.45) is 3.63. The monoisotopic (exact) mass is 808 g/mol. The molecule has 0 spiro atoms. The second-order valence-corrected chi connectivity index (χ2v) is 12.5. The third-order valence-corrected chi connectivity index (χ3v) is 8.52. The van der Waals surface area contributed by atoms with E-state index in [-0.39, 0.29) is 30.5 Å². The normalized spacial score (nSPS) is 10.1. The van der Waals surface area contributed by atoms with Crippen LogP contribution in [0.1, 0.15) is 92.0 Å². The first-order chi connectivity index (χ1) is 26.0. The van der Waals surface area contributed by atoms with E-state index < -0.39 is 17.9 Å². The van der Waals surface area contributed by atoms with Crippen LogP contribution in [0.25, 0.3) is 0 Å². The van der Waals surface area contributed by atoms with Crippen molar-refractivity contribution in [1.29, 1.82) is 0 Å². The Labute approximate surface area is 337 Å². The van der Waals surface area contributed by atoms with E-state index in [2.05, 4.69) is 29.2 Å². The lowest BCUT2D eigenvalue weighted by atomic mass is 10.1. The maximum Gasteiger partial charge on any atom is 0.335 e. The van der Waals surface area contributed by atoms with Crippen LogP contribution < -0.4 is 16.0 Å². The minimum atomic E-state index is -0.815. The molecule has 0 saturated carbocycles. The number of methoxy groups -OCH3 is 1. The molecule has 0 radical (unpaired) electrons. The number of aromatic nitrogens is 3. The Morgan fingerprint density at radius 3 is 1.57 bits per heavy atom. The number of ether oxygens (including phenoxy) is 4. The van der Waals surface area contributed by atoms with E-state index in [1.807, 2.05) is 47.7 Å². The molecular weight excluding hydrogens is 744 g/mol. The highest BCUT2D eigenvalue weighted by Gasteiger charge is 2.23. The van der Waals surface area contributed by atoms with Gasteiger partial charge in [-0.1, -0.05) is 11.6 Å². The van der Waals surface area contributed by atoms with Crippen molar-refractivity contribution in [1.82, 2.24) is 15.0 Å². The number of rotatable bonds is 7. The van der Waals surface area contributed by atoms with Gasteiger partial charge >= 0.3 is 17.9 Å². The predicted molar refractivity (Wildman–Crippen MR) is 221 cm³/mol. The number of pyridine rings is 3. The molecule has 0 fully saturated rings. The van der Waals surface area contributed by atoms with Crippen molar-refractivity contribution < 1.29 is 43.5 Å². The van der Waals surface area contributed by atoms with Crippen LogP contribution in [-0.2, 0) is 28.6 Å². The SMILES string of the molecule is CCOC(=O)/C(C)=C(/C)N.CCOC(=O)C(C)C(=O)OCC.CO.COc1c(C)cnc(C)c1C.Cc1[nH]c(=O)c(C)c(O)c1C.Cc1cnc(C)c(C)c1Cl. The molecule has 0 atom stereocenters. The van der Waals surface area contributed by atoms with Gasteiger partial charge in [-0.15, -0.1) is 0 Å². The number of carbonyl (C=O) groups is 3. The van der Waals surface area contributed by atoms with Gasteiger partial charge in [0.05, 0.1) is 38.1 Å². The quantitative estimate of drug-likeness (QED) is 0.0834. The number of halogens is 1. The lowest BCUT2D eigenvalue weighted by Gasteiger charge is -2.08. The second kappa shape index (κ2) is 29.4. The number of carbonyl (C=O) groups excluding carboxylic acids is 3. The number of aryl methyl sites for hydroxylation is 5. The number of esters is 3. The average molecular weight is 809 g/mol. The van der Waals surface area contributed by atoms with Crippen LogP contribution in [0, 0.1) is 68.2 Å². The molecular formula is C41H65ClN4O10. The Hall–Kier alpha value is -4.95. The fraction of sp³-hybridized carbons (Fsp3) is 0.512. The molecule has 3 heterocycles. The number of hydrogen-bond donors (Lipinski definition) is 4. The van der Waals surface area contributed by atoms with E-state index >= 15 is 0 Å². The number of nitrogens with zero attached hydrogens (tertiary/aromatic N) is 2.